The molecular weight excluding hydrogens is 324 g/mol. The first-order valence-corrected chi connectivity index (χ1v) is 9.08. The standard InChI is InChI=1S/C15H22N2O3S.ClH/c1-11(17-15(18)10-13-4-3-9-16-13)12-5-7-14(8-6-12)21(2,19)20;/h5-8,11,13,16H,3-4,9-10H2,1-2H3,(H,17,18);1H. The van der Waals surface area contributed by atoms with Crippen LogP contribution >= 0.6 is 12.4 Å². The zero-order valence-corrected chi connectivity index (χ0v) is 14.5. The van der Waals surface area contributed by atoms with Gasteiger partial charge in [-0.1, -0.05) is 12.1 Å². The molecule has 0 saturated carbocycles. The molecule has 2 rings (SSSR count). The van der Waals surface area contributed by atoms with Gasteiger partial charge in [0.15, 0.2) is 9.84 Å². The van der Waals surface area contributed by atoms with E-state index in [1.54, 1.807) is 24.3 Å². The van der Waals surface area contributed by atoms with Crippen LogP contribution in [0.1, 0.15) is 37.8 Å². The molecule has 2 atom stereocenters. The summed E-state index contributed by atoms with van der Waals surface area (Å²) >= 11 is 0. The van der Waals surface area contributed by atoms with Crippen LogP contribution in [-0.2, 0) is 14.6 Å². The summed E-state index contributed by atoms with van der Waals surface area (Å²) in [5, 5.41) is 6.25. The molecule has 0 spiro atoms. The Morgan fingerprint density at radius 3 is 2.50 bits per heavy atom. The molecule has 7 heteroatoms. The summed E-state index contributed by atoms with van der Waals surface area (Å²) in [6.45, 7) is 2.88. The predicted molar refractivity (Wildman–Crippen MR) is 89.0 cm³/mol. The lowest BCUT2D eigenvalue weighted by Crippen LogP contribution is -2.33. The molecule has 0 aliphatic carbocycles. The lowest BCUT2D eigenvalue weighted by molar-refractivity contribution is -0.122. The van der Waals surface area contributed by atoms with Crippen molar-refractivity contribution in [1.82, 2.24) is 10.6 Å². The zero-order valence-electron chi connectivity index (χ0n) is 12.8. The van der Waals surface area contributed by atoms with Crippen LogP contribution in [0.5, 0.6) is 0 Å². The summed E-state index contributed by atoms with van der Waals surface area (Å²) in [6, 6.07) is 6.79. The summed E-state index contributed by atoms with van der Waals surface area (Å²) in [5.74, 6) is 0.0223. The first kappa shape index (κ1) is 18.9. The fourth-order valence-electron chi connectivity index (χ4n) is 2.54. The van der Waals surface area contributed by atoms with Gasteiger partial charge in [0.2, 0.25) is 5.91 Å². The van der Waals surface area contributed by atoms with Gasteiger partial charge in [0.1, 0.15) is 0 Å². The Hall–Kier alpha value is -1.11. The summed E-state index contributed by atoms with van der Waals surface area (Å²) < 4.78 is 22.8. The molecule has 1 fully saturated rings. The Labute approximate surface area is 138 Å². The molecule has 1 aliphatic rings. The lowest BCUT2D eigenvalue weighted by Gasteiger charge is -2.16. The number of nitrogens with one attached hydrogen (secondary N) is 2. The van der Waals surface area contributed by atoms with Gasteiger partial charge < -0.3 is 10.6 Å². The molecule has 1 saturated heterocycles. The third-order valence-corrected chi connectivity index (χ3v) is 4.91. The summed E-state index contributed by atoms with van der Waals surface area (Å²) in [5.41, 5.74) is 0.898. The zero-order chi connectivity index (χ0) is 15.5. The van der Waals surface area contributed by atoms with Crippen LogP contribution in [-0.4, -0.2) is 33.2 Å². The van der Waals surface area contributed by atoms with Gasteiger partial charge in [0.25, 0.3) is 0 Å². The number of carbonyl (C=O) groups excluding carboxylic acids is 1. The van der Waals surface area contributed by atoms with Crippen LogP contribution < -0.4 is 10.6 Å². The minimum Gasteiger partial charge on any atom is -0.350 e. The molecule has 22 heavy (non-hydrogen) atoms. The van der Waals surface area contributed by atoms with Gasteiger partial charge in [0, 0.05) is 18.7 Å². The van der Waals surface area contributed by atoms with Gasteiger partial charge in [-0.05, 0) is 44.0 Å². The van der Waals surface area contributed by atoms with Crippen LogP contribution in [0.3, 0.4) is 0 Å². The Balaban J connectivity index is 0.00000242. The average molecular weight is 347 g/mol. The van der Waals surface area contributed by atoms with E-state index in [0.29, 0.717) is 11.3 Å². The quantitative estimate of drug-likeness (QED) is 0.853. The predicted octanol–water partition coefficient (Wildman–Crippen LogP) is 1.83. The molecule has 0 radical (unpaired) electrons. The Morgan fingerprint density at radius 1 is 1.36 bits per heavy atom. The lowest BCUT2D eigenvalue weighted by atomic mass is 10.1. The molecule has 0 bridgehead atoms. The summed E-state index contributed by atoms with van der Waals surface area (Å²) in [7, 11) is -3.18. The Kier molecular flexibility index (Phi) is 6.84. The molecule has 1 amide bonds. The monoisotopic (exact) mass is 346 g/mol. The molecule has 0 aromatic heterocycles. The van der Waals surface area contributed by atoms with E-state index in [1.165, 1.54) is 6.26 Å². The molecule has 1 heterocycles. The van der Waals surface area contributed by atoms with Gasteiger partial charge in [-0.25, -0.2) is 8.42 Å². The van der Waals surface area contributed by atoms with Crippen molar-refractivity contribution in [2.75, 3.05) is 12.8 Å². The Morgan fingerprint density at radius 2 is 2.00 bits per heavy atom. The second-order valence-corrected chi connectivity index (χ2v) is 7.64. The highest BCUT2D eigenvalue weighted by atomic mass is 35.5. The molecule has 1 aromatic carbocycles. The topological polar surface area (TPSA) is 75.3 Å². The van der Waals surface area contributed by atoms with E-state index in [9.17, 15) is 13.2 Å². The van der Waals surface area contributed by atoms with Crippen molar-refractivity contribution in [2.24, 2.45) is 0 Å². The fraction of sp³-hybridized carbons (Fsp3) is 0.533. The number of amides is 1. The van der Waals surface area contributed by atoms with E-state index in [4.69, 9.17) is 0 Å². The molecule has 2 N–H and O–H groups in total. The minimum atomic E-state index is -3.18. The van der Waals surface area contributed by atoms with Gasteiger partial charge in [0.05, 0.1) is 10.9 Å². The highest BCUT2D eigenvalue weighted by Gasteiger charge is 2.19. The first-order chi connectivity index (χ1) is 9.86. The number of hydrogen-bond acceptors (Lipinski definition) is 4. The van der Waals surface area contributed by atoms with Crippen LogP contribution in [0.4, 0.5) is 0 Å². The fourth-order valence-corrected chi connectivity index (χ4v) is 3.17. The minimum absolute atomic E-state index is 0. The van der Waals surface area contributed by atoms with Crippen molar-refractivity contribution in [2.45, 2.75) is 43.2 Å². The third kappa shape index (κ3) is 5.26. The molecular formula is C15H23ClN2O3S. The Bertz CT molecular complexity index is 596. The van der Waals surface area contributed by atoms with Gasteiger partial charge in [-0.15, -0.1) is 12.4 Å². The van der Waals surface area contributed by atoms with Crippen LogP contribution in [0, 0.1) is 0 Å². The number of benzene rings is 1. The first-order valence-electron chi connectivity index (χ1n) is 7.19. The largest absolute Gasteiger partial charge is 0.350 e. The van der Waals surface area contributed by atoms with Crippen molar-refractivity contribution in [3.05, 3.63) is 29.8 Å². The van der Waals surface area contributed by atoms with E-state index < -0.39 is 9.84 Å². The number of hydrogen-bond donors (Lipinski definition) is 2. The summed E-state index contributed by atoms with van der Waals surface area (Å²) in [6.07, 6.45) is 3.85. The van der Waals surface area contributed by atoms with Crippen LogP contribution in [0.2, 0.25) is 0 Å². The number of rotatable bonds is 5. The van der Waals surface area contributed by atoms with Crippen molar-refractivity contribution in [3.63, 3.8) is 0 Å². The van der Waals surface area contributed by atoms with Crippen molar-refractivity contribution >= 4 is 28.2 Å². The van der Waals surface area contributed by atoms with E-state index in [1.807, 2.05) is 6.92 Å². The van der Waals surface area contributed by atoms with E-state index in [0.717, 1.165) is 24.9 Å². The molecule has 1 aromatic rings. The van der Waals surface area contributed by atoms with E-state index in [2.05, 4.69) is 10.6 Å². The van der Waals surface area contributed by atoms with Crippen molar-refractivity contribution in [1.29, 1.82) is 0 Å². The third-order valence-electron chi connectivity index (χ3n) is 3.78. The number of halogens is 1. The van der Waals surface area contributed by atoms with E-state index in [-0.39, 0.29) is 30.4 Å². The molecule has 5 nitrogen and oxygen atoms in total. The second-order valence-electron chi connectivity index (χ2n) is 5.63. The highest BCUT2D eigenvalue weighted by molar-refractivity contribution is 7.90. The van der Waals surface area contributed by atoms with Crippen LogP contribution in [0.15, 0.2) is 29.2 Å². The van der Waals surface area contributed by atoms with Crippen molar-refractivity contribution in [3.8, 4) is 0 Å². The van der Waals surface area contributed by atoms with Crippen molar-refractivity contribution < 1.29 is 13.2 Å². The maximum atomic E-state index is 12.0. The second kappa shape index (κ2) is 7.94. The van der Waals surface area contributed by atoms with Crippen LogP contribution in [0.25, 0.3) is 0 Å². The van der Waals surface area contributed by atoms with Gasteiger partial charge in [-0.3, -0.25) is 4.79 Å². The SMILES string of the molecule is CC(NC(=O)CC1CCCN1)c1ccc(S(C)(=O)=O)cc1.Cl. The van der Waals surface area contributed by atoms with Gasteiger partial charge >= 0.3 is 0 Å². The normalized spacial score (nSPS) is 19.3. The molecule has 2 unspecified atom stereocenters. The maximum absolute atomic E-state index is 12.0. The van der Waals surface area contributed by atoms with Gasteiger partial charge in [-0.2, -0.15) is 0 Å². The molecule has 1 aliphatic heterocycles. The smallest absolute Gasteiger partial charge is 0.222 e. The summed E-state index contributed by atoms with van der Waals surface area (Å²) in [4.78, 5) is 12.3. The maximum Gasteiger partial charge on any atom is 0.222 e. The number of carbonyl (C=O) groups is 1. The van der Waals surface area contributed by atoms with E-state index >= 15 is 0 Å². The highest BCUT2D eigenvalue weighted by Crippen LogP contribution is 2.17. The molecule has 124 valence electrons. The number of sulfone groups is 1. The average Bonchev–Trinajstić information content (AvgIpc) is 2.90.